The third-order valence-electron chi connectivity index (χ3n) is 5.51. The van der Waals surface area contributed by atoms with Crippen LogP contribution in [0.4, 0.5) is 13.2 Å². The molecule has 0 bridgehead atoms. The number of methoxy groups -OCH3 is 1. The van der Waals surface area contributed by atoms with Crippen molar-refractivity contribution in [3.63, 3.8) is 0 Å². The Morgan fingerprint density at radius 1 is 0.730 bits per heavy atom. The van der Waals surface area contributed by atoms with Gasteiger partial charge >= 0.3 is 6.18 Å². The number of rotatable bonds is 5. The van der Waals surface area contributed by atoms with Gasteiger partial charge in [-0.25, -0.2) is 9.97 Å². The molecule has 0 aliphatic carbocycles. The molecule has 5 rings (SSSR count). The van der Waals surface area contributed by atoms with Gasteiger partial charge in [-0.2, -0.15) is 23.0 Å². The lowest BCUT2D eigenvalue weighted by molar-refractivity contribution is -0.141. The SMILES string of the molecule is COc1cccc(-c2cc(C(F)(F)F)nc(-n3nc(-c4cccc(Br)c4)cc3-c3cccc(Br)c3)n2)c1. The molecule has 5 nitrogen and oxygen atoms in total. The number of benzene rings is 3. The van der Waals surface area contributed by atoms with Gasteiger partial charge in [0.05, 0.1) is 24.2 Å². The molecule has 0 aliphatic rings. The van der Waals surface area contributed by atoms with Gasteiger partial charge in [0.15, 0.2) is 5.69 Å². The van der Waals surface area contributed by atoms with Crippen molar-refractivity contribution >= 4 is 31.9 Å². The summed E-state index contributed by atoms with van der Waals surface area (Å²) in [6.07, 6.45) is -4.69. The maximum atomic E-state index is 14.0. The van der Waals surface area contributed by atoms with Crippen molar-refractivity contribution in [2.45, 2.75) is 6.18 Å². The average molecular weight is 630 g/mol. The molecule has 0 aliphatic heterocycles. The zero-order valence-electron chi connectivity index (χ0n) is 19.2. The first-order valence-corrected chi connectivity index (χ1v) is 12.5. The molecule has 10 heteroatoms. The van der Waals surface area contributed by atoms with Gasteiger partial charge in [0, 0.05) is 25.6 Å². The minimum absolute atomic E-state index is 0.0934. The van der Waals surface area contributed by atoms with E-state index in [9.17, 15) is 13.2 Å². The number of alkyl halides is 3. The largest absolute Gasteiger partial charge is 0.497 e. The zero-order chi connectivity index (χ0) is 26.2. The van der Waals surface area contributed by atoms with Crippen molar-refractivity contribution in [1.82, 2.24) is 19.7 Å². The number of hydrogen-bond donors (Lipinski definition) is 0. The summed E-state index contributed by atoms with van der Waals surface area (Å²) in [5, 5.41) is 4.65. The lowest BCUT2D eigenvalue weighted by Crippen LogP contribution is -2.14. The molecule has 0 saturated carbocycles. The zero-order valence-corrected chi connectivity index (χ0v) is 22.3. The minimum Gasteiger partial charge on any atom is -0.497 e. The molecule has 0 spiro atoms. The molecule has 2 aromatic heterocycles. The Morgan fingerprint density at radius 2 is 1.35 bits per heavy atom. The van der Waals surface area contributed by atoms with E-state index in [2.05, 4.69) is 46.9 Å². The quantitative estimate of drug-likeness (QED) is 0.197. The van der Waals surface area contributed by atoms with Crippen molar-refractivity contribution < 1.29 is 17.9 Å². The Hall–Kier alpha value is -3.50. The standard InChI is InChI=1S/C27H17Br2F3N4O/c1-37-21-10-4-6-17(13-21)22-15-25(27(30,31)32)34-26(33-22)36-24(18-7-3-9-20(29)12-18)14-23(35-36)16-5-2-8-19(28)11-16/h2-15H,1H3. The summed E-state index contributed by atoms with van der Waals surface area (Å²) < 4.78 is 50.1. The van der Waals surface area contributed by atoms with Crippen LogP contribution in [-0.2, 0) is 6.18 Å². The second-order valence-electron chi connectivity index (χ2n) is 8.02. The normalized spacial score (nSPS) is 11.5. The van der Waals surface area contributed by atoms with Crippen LogP contribution in [0.5, 0.6) is 5.75 Å². The van der Waals surface area contributed by atoms with E-state index in [-0.39, 0.29) is 11.6 Å². The molecule has 0 atom stereocenters. The highest BCUT2D eigenvalue weighted by atomic mass is 79.9. The Morgan fingerprint density at radius 3 is 2.00 bits per heavy atom. The predicted molar refractivity (Wildman–Crippen MR) is 142 cm³/mol. The number of hydrogen-bond acceptors (Lipinski definition) is 4. The molecular formula is C27H17Br2F3N4O. The van der Waals surface area contributed by atoms with Gasteiger partial charge in [0.25, 0.3) is 5.95 Å². The monoisotopic (exact) mass is 628 g/mol. The van der Waals surface area contributed by atoms with Gasteiger partial charge in [0.2, 0.25) is 0 Å². The molecule has 0 N–H and O–H groups in total. The predicted octanol–water partition coefficient (Wildman–Crippen LogP) is 8.22. The fourth-order valence-electron chi connectivity index (χ4n) is 3.78. The summed E-state index contributed by atoms with van der Waals surface area (Å²) in [4.78, 5) is 8.40. The first-order chi connectivity index (χ1) is 17.7. The van der Waals surface area contributed by atoms with Crippen molar-refractivity contribution in [3.8, 4) is 45.5 Å². The van der Waals surface area contributed by atoms with Gasteiger partial charge in [-0.3, -0.25) is 0 Å². The van der Waals surface area contributed by atoms with E-state index in [0.29, 0.717) is 22.7 Å². The number of nitrogens with zero attached hydrogens (tertiary/aromatic N) is 4. The highest BCUT2D eigenvalue weighted by molar-refractivity contribution is 9.10. The van der Waals surface area contributed by atoms with E-state index in [1.807, 2.05) is 48.5 Å². The molecule has 0 amide bonds. The van der Waals surface area contributed by atoms with E-state index in [0.717, 1.165) is 26.1 Å². The second kappa shape index (κ2) is 10.1. The third-order valence-corrected chi connectivity index (χ3v) is 6.50. The smallest absolute Gasteiger partial charge is 0.433 e. The Bertz CT molecular complexity index is 1600. The van der Waals surface area contributed by atoms with Crippen LogP contribution in [0.3, 0.4) is 0 Å². The third kappa shape index (κ3) is 5.45. The van der Waals surface area contributed by atoms with E-state index in [4.69, 9.17) is 4.74 Å². The summed E-state index contributed by atoms with van der Waals surface area (Å²) in [6, 6.07) is 24.3. The Labute approximate surface area is 227 Å². The topological polar surface area (TPSA) is 52.8 Å². The highest BCUT2D eigenvalue weighted by Gasteiger charge is 2.34. The Kier molecular flexibility index (Phi) is 6.87. The van der Waals surface area contributed by atoms with Gasteiger partial charge in [-0.15, -0.1) is 0 Å². The molecule has 0 radical (unpaired) electrons. The van der Waals surface area contributed by atoms with Crippen molar-refractivity contribution in [1.29, 1.82) is 0 Å². The molecule has 3 aromatic carbocycles. The summed E-state index contributed by atoms with van der Waals surface area (Å²) in [7, 11) is 1.49. The van der Waals surface area contributed by atoms with Gasteiger partial charge in [-0.05, 0) is 48.5 Å². The number of aromatic nitrogens is 4. The van der Waals surface area contributed by atoms with Gasteiger partial charge < -0.3 is 4.74 Å². The van der Waals surface area contributed by atoms with E-state index in [1.54, 1.807) is 30.3 Å². The fourth-order valence-corrected chi connectivity index (χ4v) is 4.58. The van der Waals surface area contributed by atoms with Crippen LogP contribution in [0, 0.1) is 0 Å². The van der Waals surface area contributed by atoms with Crippen LogP contribution in [0.15, 0.2) is 93.9 Å². The highest BCUT2D eigenvalue weighted by Crippen LogP contribution is 2.34. The van der Waals surface area contributed by atoms with Crippen LogP contribution < -0.4 is 4.74 Å². The van der Waals surface area contributed by atoms with Crippen LogP contribution in [0.1, 0.15) is 5.69 Å². The number of halogens is 5. The average Bonchev–Trinajstić information content (AvgIpc) is 3.34. The molecule has 37 heavy (non-hydrogen) atoms. The van der Waals surface area contributed by atoms with Crippen molar-refractivity contribution in [2.24, 2.45) is 0 Å². The second-order valence-corrected chi connectivity index (χ2v) is 9.85. The van der Waals surface area contributed by atoms with Crippen LogP contribution >= 0.6 is 31.9 Å². The van der Waals surface area contributed by atoms with E-state index >= 15 is 0 Å². The summed E-state index contributed by atoms with van der Waals surface area (Å²) in [5.41, 5.74) is 2.08. The van der Waals surface area contributed by atoms with Crippen molar-refractivity contribution in [3.05, 3.63) is 99.6 Å². The lowest BCUT2D eigenvalue weighted by atomic mass is 10.1. The summed E-state index contributed by atoms with van der Waals surface area (Å²) >= 11 is 6.93. The molecule has 0 fully saturated rings. The molecule has 0 unspecified atom stereocenters. The molecule has 186 valence electrons. The van der Waals surface area contributed by atoms with Gasteiger partial charge in [0.1, 0.15) is 5.75 Å². The van der Waals surface area contributed by atoms with Crippen LogP contribution in [0.2, 0.25) is 0 Å². The van der Waals surface area contributed by atoms with E-state index < -0.39 is 11.9 Å². The van der Waals surface area contributed by atoms with Crippen molar-refractivity contribution in [2.75, 3.05) is 7.11 Å². The van der Waals surface area contributed by atoms with Crippen LogP contribution in [-0.4, -0.2) is 26.9 Å². The van der Waals surface area contributed by atoms with Crippen LogP contribution in [0.25, 0.3) is 39.7 Å². The minimum atomic E-state index is -4.69. The molecular weight excluding hydrogens is 613 g/mol. The maximum absolute atomic E-state index is 14.0. The van der Waals surface area contributed by atoms with Gasteiger partial charge in [-0.1, -0.05) is 68.3 Å². The Balaban J connectivity index is 1.76. The fraction of sp³-hybridized carbons (Fsp3) is 0.0741. The summed E-state index contributed by atoms with van der Waals surface area (Å²) in [5.74, 6) is 0.293. The van der Waals surface area contributed by atoms with E-state index in [1.165, 1.54) is 11.8 Å². The molecule has 5 aromatic rings. The maximum Gasteiger partial charge on any atom is 0.433 e. The molecule has 0 saturated heterocycles. The first-order valence-electron chi connectivity index (χ1n) is 10.9. The first kappa shape index (κ1) is 25.2. The lowest BCUT2D eigenvalue weighted by Gasteiger charge is -2.13. The summed E-state index contributed by atoms with van der Waals surface area (Å²) in [6.45, 7) is 0. The molecule has 2 heterocycles. The number of ether oxygens (including phenoxy) is 1.